The summed E-state index contributed by atoms with van der Waals surface area (Å²) in [5.74, 6) is -0.711. The second-order valence-electron chi connectivity index (χ2n) is 9.31. The van der Waals surface area contributed by atoms with E-state index in [9.17, 15) is 9.59 Å². The summed E-state index contributed by atoms with van der Waals surface area (Å²) in [6.45, 7) is 11.2. The Kier molecular flexibility index (Phi) is 10.3. The number of esters is 2. The summed E-state index contributed by atoms with van der Waals surface area (Å²) in [6.07, 6.45) is 0.0953. The van der Waals surface area contributed by atoms with Gasteiger partial charge in [-0.2, -0.15) is 0 Å². The summed E-state index contributed by atoms with van der Waals surface area (Å²) in [7, 11) is 0. The van der Waals surface area contributed by atoms with Crippen LogP contribution >= 0.6 is 0 Å². The molecule has 0 saturated carbocycles. The summed E-state index contributed by atoms with van der Waals surface area (Å²) in [6, 6.07) is 19.6. The topological polar surface area (TPSA) is 71.1 Å². The number of unbranched alkanes of at least 4 members (excludes halogenated alkanes) is 1. The standard InChI is InChI=1S/C28H38O6/c1-21(33-27(3,4)23-15-9-7-10-16-23)31-25(29)19-13-14-20-26(30)32-22(2)34-28(5,6)24-17-11-8-12-18-24/h7-12,15-18,21-22H,13-14,19-20H2,1-6H3. The molecule has 0 amide bonds. The Balaban J connectivity index is 1.65. The molecule has 0 bridgehead atoms. The van der Waals surface area contributed by atoms with Gasteiger partial charge in [-0.1, -0.05) is 60.7 Å². The number of ether oxygens (including phenoxy) is 4. The first kappa shape index (κ1) is 27.5. The van der Waals surface area contributed by atoms with E-state index >= 15 is 0 Å². The maximum atomic E-state index is 12.2. The van der Waals surface area contributed by atoms with Crippen LogP contribution in [-0.4, -0.2) is 24.5 Å². The molecule has 2 rings (SSSR count). The first-order valence-corrected chi connectivity index (χ1v) is 11.9. The smallest absolute Gasteiger partial charge is 0.308 e. The first-order valence-electron chi connectivity index (χ1n) is 11.9. The normalized spacial score (nSPS) is 13.7. The van der Waals surface area contributed by atoms with Crippen LogP contribution < -0.4 is 0 Å². The number of hydrogen-bond donors (Lipinski definition) is 0. The second kappa shape index (κ2) is 12.7. The van der Waals surface area contributed by atoms with Gasteiger partial charge in [-0.25, -0.2) is 0 Å². The number of benzene rings is 2. The molecule has 0 N–H and O–H groups in total. The molecular weight excluding hydrogens is 432 g/mol. The highest BCUT2D eigenvalue weighted by Crippen LogP contribution is 2.27. The van der Waals surface area contributed by atoms with Gasteiger partial charge in [0, 0.05) is 12.8 Å². The minimum Gasteiger partial charge on any atom is -0.436 e. The van der Waals surface area contributed by atoms with E-state index in [1.54, 1.807) is 13.8 Å². The molecule has 186 valence electrons. The van der Waals surface area contributed by atoms with E-state index in [2.05, 4.69) is 0 Å². The predicted octanol–water partition coefficient (Wildman–Crippen LogP) is 6.23. The fourth-order valence-electron chi connectivity index (χ4n) is 3.72. The van der Waals surface area contributed by atoms with Crippen LogP contribution in [0.3, 0.4) is 0 Å². The zero-order chi connectivity index (χ0) is 25.2. The lowest BCUT2D eigenvalue weighted by Gasteiger charge is -2.29. The average molecular weight is 471 g/mol. The zero-order valence-electron chi connectivity index (χ0n) is 21.2. The van der Waals surface area contributed by atoms with Gasteiger partial charge >= 0.3 is 11.9 Å². The highest BCUT2D eigenvalue weighted by Gasteiger charge is 2.26. The van der Waals surface area contributed by atoms with Gasteiger partial charge in [0.15, 0.2) is 0 Å². The van der Waals surface area contributed by atoms with Gasteiger partial charge in [-0.3, -0.25) is 9.59 Å². The molecule has 34 heavy (non-hydrogen) atoms. The van der Waals surface area contributed by atoms with Crippen molar-refractivity contribution in [3.8, 4) is 0 Å². The molecule has 2 unspecified atom stereocenters. The Morgan fingerprint density at radius 2 is 0.971 bits per heavy atom. The molecule has 0 saturated heterocycles. The SMILES string of the molecule is CC(OC(=O)CCCCC(=O)OC(C)OC(C)(C)c1ccccc1)OC(C)(C)c1ccccc1. The lowest BCUT2D eigenvalue weighted by Crippen LogP contribution is -2.30. The molecule has 2 aromatic rings. The van der Waals surface area contributed by atoms with Crippen LogP contribution in [0.15, 0.2) is 60.7 Å². The molecule has 6 nitrogen and oxygen atoms in total. The average Bonchev–Trinajstić information content (AvgIpc) is 2.77. The Bertz CT molecular complexity index is 816. The lowest BCUT2D eigenvalue weighted by atomic mass is 9.98. The van der Waals surface area contributed by atoms with Gasteiger partial charge in [-0.05, 0) is 65.5 Å². The number of rotatable bonds is 13. The molecular formula is C28H38O6. The number of hydrogen-bond acceptors (Lipinski definition) is 6. The highest BCUT2D eigenvalue weighted by molar-refractivity contribution is 5.70. The van der Waals surface area contributed by atoms with Crippen LogP contribution in [0.4, 0.5) is 0 Å². The summed E-state index contributed by atoms with van der Waals surface area (Å²) in [4.78, 5) is 24.3. The molecule has 0 aliphatic rings. The van der Waals surface area contributed by atoms with Crippen molar-refractivity contribution in [2.75, 3.05) is 0 Å². The number of carbonyl (C=O) groups is 2. The Hall–Kier alpha value is -2.70. The lowest BCUT2D eigenvalue weighted by molar-refractivity contribution is -0.204. The third-order valence-corrected chi connectivity index (χ3v) is 5.47. The first-order chi connectivity index (χ1) is 16.0. The Labute approximate surface area is 203 Å². The van der Waals surface area contributed by atoms with Crippen molar-refractivity contribution >= 4 is 11.9 Å². The predicted molar refractivity (Wildman–Crippen MR) is 131 cm³/mol. The van der Waals surface area contributed by atoms with Gasteiger partial charge in [0.05, 0.1) is 11.2 Å². The van der Waals surface area contributed by atoms with Crippen LogP contribution in [0.5, 0.6) is 0 Å². The summed E-state index contributed by atoms with van der Waals surface area (Å²) in [5.41, 5.74) is 0.834. The van der Waals surface area contributed by atoms with Crippen molar-refractivity contribution in [1.82, 2.24) is 0 Å². The quantitative estimate of drug-likeness (QED) is 0.196. The maximum absolute atomic E-state index is 12.2. The van der Waals surface area contributed by atoms with Crippen LogP contribution in [0.1, 0.15) is 78.4 Å². The van der Waals surface area contributed by atoms with E-state index in [-0.39, 0.29) is 24.8 Å². The summed E-state index contributed by atoms with van der Waals surface area (Å²) < 4.78 is 22.6. The molecule has 2 aromatic carbocycles. The molecule has 0 fully saturated rings. The van der Waals surface area contributed by atoms with Gasteiger partial charge in [0.2, 0.25) is 12.6 Å². The van der Waals surface area contributed by atoms with Crippen LogP contribution in [0, 0.1) is 0 Å². The number of carbonyl (C=O) groups excluding carboxylic acids is 2. The molecule has 6 heteroatoms. The molecule has 0 spiro atoms. The van der Waals surface area contributed by atoms with E-state index < -0.39 is 23.8 Å². The van der Waals surface area contributed by atoms with E-state index in [1.165, 1.54) is 0 Å². The molecule has 0 aliphatic heterocycles. The van der Waals surface area contributed by atoms with E-state index in [1.807, 2.05) is 88.4 Å². The van der Waals surface area contributed by atoms with Crippen molar-refractivity contribution in [1.29, 1.82) is 0 Å². The van der Waals surface area contributed by atoms with Gasteiger partial charge < -0.3 is 18.9 Å². The maximum Gasteiger partial charge on any atom is 0.308 e. The van der Waals surface area contributed by atoms with Gasteiger partial charge in [0.1, 0.15) is 0 Å². The van der Waals surface area contributed by atoms with E-state index in [0.717, 1.165) is 11.1 Å². The minimum atomic E-state index is -0.682. The van der Waals surface area contributed by atoms with Gasteiger partial charge in [0.25, 0.3) is 0 Å². The van der Waals surface area contributed by atoms with Crippen LogP contribution in [-0.2, 0) is 39.7 Å². The third kappa shape index (κ3) is 9.27. The van der Waals surface area contributed by atoms with Crippen LogP contribution in [0.25, 0.3) is 0 Å². The highest BCUT2D eigenvalue weighted by atomic mass is 16.7. The van der Waals surface area contributed by atoms with E-state index in [0.29, 0.717) is 12.8 Å². The largest absolute Gasteiger partial charge is 0.436 e. The van der Waals surface area contributed by atoms with Crippen molar-refractivity contribution in [2.24, 2.45) is 0 Å². The monoisotopic (exact) mass is 470 g/mol. The van der Waals surface area contributed by atoms with Crippen molar-refractivity contribution in [3.05, 3.63) is 71.8 Å². The summed E-state index contributed by atoms with van der Waals surface area (Å²) >= 11 is 0. The Morgan fingerprint density at radius 3 is 1.29 bits per heavy atom. The van der Waals surface area contributed by atoms with E-state index in [4.69, 9.17) is 18.9 Å². The minimum absolute atomic E-state index is 0.208. The van der Waals surface area contributed by atoms with Crippen LogP contribution in [0.2, 0.25) is 0 Å². The fourth-order valence-corrected chi connectivity index (χ4v) is 3.72. The molecule has 0 radical (unpaired) electrons. The van der Waals surface area contributed by atoms with Crippen molar-refractivity contribution < 1.29 is 28.5 Å². The van der Waals surface area contributed by atoms with Crippen molar-refractivity contribution in [2.45, 2.75) is 91.0 Å². The molecule has 2 atom stereocenters. The van der Waals surface area contributed by atoms with Gasteiger partial charge in [-0.15, -0.1) is 0 Å². The summed E-state index contributed by atoms with van der Waals surface area (Å²) in [5, 5.41) is 0. The van der Waals surface area contributed by atoms with Crippen molar-refractivity contribution in [3.63, 3.8) is 0 Å². The Morgan fingerprint density at radius 1 is 0.647 bits per heavy atom. The zero-order valence-corrected chi connectivity index (χ0v) is 21.2. The molecule has 0 aromatic heterocycles. The molecule has 0 aliphatic carbocycles. The third-order valence-electron chi connectivity index (χ3n) is 5.47. The fraction of sp³-hybridized carbons (Fsp3) is 0.500. The second-order valence-corrected chi connectivity index (χ2v) is 9.31. The molecule has 0 heterocycles.